The summed E-state index contributed by atoms with van der Waals surface area (Å²) in [7, 11) is -3.29. The zero-order valence-corrected chi connectivity index (χ0v) is 19.7. The van der Waals surface area contributed by atoms with Crippen molar-refractivity contribution in [2.24, 2.45) is 5.92 Å². The summed E-state index contributed by atoms with van der Waals surface area (Å²) in [6, 6.07) is 6.57. The third kappa shape index (κ3) is 7.05. The maximum absolute atomic E-state index is 13.1. The van der Waals surface area contributed by atoms with Crippen molar-refractivity contribution in [1.29, 1.82) is 0 Å². The lowest BCUT2D eigenvalue weighted by atomic mass is 9.87. The molecule has 1 aromatic heterocycles. The zero-order valence-electron chi connectivity index (χ0n) is 17.2. The Kier molecular flexibility index (Phi) is 8.12. The van der Waals surface area contributed by atoms with Gasteiger partial charge in [-0.15, -0.1) is 11.8 Å². The Bertz CT molecular complexity index is 1010. The molecule has 0 bridgehead atoms. The summed E-state index contributed by atoms with van der Waals surface area (Å²) < 4.78 is 24.4. The molecule has 1 aliphatic rings. The van der Waals surface area contributed by atoms with Gasteiger partial charge in [-0.05, 0) is 30.0 Å². The van der Waals surface area contributed by atoms with Crippen LogP contribution >= 0.6 is 23.1 Å². The maximum atomic E-state index is 13.1. The van der Waals surface area contributed by atoms with Gasteiger partial charge in [0.25, 0.3) is 0 Å². The Hall–Kier alpha value is -1.91. The number of rotatable bonds is 10. The summed E-state index contributed by atoms with van der Waals surface area (Å²) in [6.07, 6.45) is 8.15. The highest BCUT2D eigenvalue weighted by Gasteiger charge is 2.27. The number of benzene rings is 1. The van der Waals surface area contributed by atoms with E-state index in [-0.39, 0.29) is 23.1 Å². The minimum absolute atomic E-state index is 0.0667. The van der Waals surface area contributed by atoms with Crippen LogP contribution in [0.25, 0.3) is 0 Å². The lowest BCUT2D eigenvalue weighted by Gasteiger charge is -2.20. The highest BCUT2D eigenvalue weighted by molar-refractivity contribution is 8.01. The van der Waals surface area contributed by atoms with Crippen molar-refractivity contribution in [1.82, 2.24) is 4.98 Å². The number of thioether (sulfide) groups is 1. The second kappa shape index (κ2) is 10.6. The standard InChI is InChI=1S/C21H26N2O5S3/c1-31(27,28)16-8-6-15(7-9-16)17(12-14-4-2-3-5-14)20(26)23-21-22-13-19(30-21)29-11-10-18(24)25/h6-9,13-14,17H,2-5,10-12H2,1H3,(H,24,25)(H,22,23,26)/t17-/m1/s1. The number of carboxylic acids is 1. The van der Waals surface area contributed by atoms with E-state index in [4.69, 9.17) is 5.11 Å². The highest BCUT2D eigenvalue weighted by Crippen LogP contribution is 2.36. The number of nitrogens with zero attached hydrogens (tertiary/aromatic N) is 1. The summed E-state index contributed by atoms with van der Waals surface area (Å²) in [4.78, 5) is 28.3. The fourth-order valence-electron chi connectivity index (χ4n) is 3.74. The largest absolute Gasteiger partial charge is 0.481 e. The monoisotopic (exact) mass is 482 g/mol. The molecule has 1 atom stereocenters. The van der Waals surface area contributed by atoms with Crippen molar-refractivity contribution in [3.8, 4) is 0 Å². The summed E-state index contributed by atoms with van der Waals surface area (Å²) in [5.41, 5.74) is 0.796. The van der Waals surface area contributed by atoms with Gasteiger partial charge < -0.3 is 10.4 Å². The minimum Gasteiger partial charge on any atom is -0.481 e. The first-order chi connectivity index (χ1) is 14.7. The number of carbonyl (C=O) groups is 2. The van der Waals surface area contributed by atoms with E-state index < -0.39 is 15.8 Å². The molecule has 1 amide bonds. The Morgan fingerprint density at radius 3 is 2.55 bits per heavy atom. The van der Waals surface area contributed by atoms with Crippen LogP contribution in [0.1, 0.15) is 50.0 Å². The van der Waals surface area contributed by atoms with Crippen LogP contribution in [0, 0.1) is 5.92 Å². The van der Waals surface area contributed by atoms with Crippen molar-refractivity contribution >= 4 is 49.9 Å². The van der Waals surface area contributed by atoms with E-state index in [0.717, 1.165) is 29.0 Å². The van der Waals surface area contributed by atoms with Gasteiger partial charge >= 0.3 is 5.97 Å². The second-order valence-corrected chi connectivity index (χ2v) is 12.2. The average Bonchev–Trinajstić information content (AvgIpc) is 3.37. The highest BCUT2D eigenvalue weighted by atomic mass is 32.2. The van der Waals surface area contributed by atoms with Gasteiger partial charge in [-0.2, -0.15) is 0 Å². The molecule has 2 aromatic rings. The van der Waals surface area contributed by atoms with Crippen molar-refractivity contribution in [2.75, 3.05) is 17.3 Å². The van der Waals surface area contributed by atoms with Gasteiger partial charge in [-0.1, -0.05) is 49.2 Å². The molecule has 3 rings (SSSR count). The number of aliphatic carboxylic acids is 1. The lowest BCUT2D eigenvalue weighted by Crippen LogP contribution is -2.23. The third-order valence-corrected chi connectivity index (χ3v) is 8.58. The van der Waals surface area contributed by atoms with E-state index in [0.29, 0.717) is 16.8 Å². The fraction of sp³-hybridized carbons (Fsp3) is 0.476. The van der Waals surface area contributed by atoms with E-state index in [1.807, 2.05) is 0 Å². The van der Waals surface area contributed by atoms with Crippen LogP contribution in [0.4, 0.5) is 5.13 Å². The van der Waals surface area contributed by atoms with E-state index in [2.05, 4.69) is 10.3 Å². The van der Waals surface area contributed by atoms with Crippen molar-refractivity contribution < 1.29 is 23.1 Å². The topological polar surface area (TPSA) is 113 Å². The number of anilines is 1. The Morgan fingerprint density at radius 2 is 1.94 bits per heavy atom. The number of hydrogen-bond donors (Lipinski definition) is 2. The van der Waals surface area contributed by atoms with Crippen molar-refractivity contribution in [2.45, 2.75) is 53.5 Å². The molecular formula is C21H26N2O5S3. The average molecular weight is 483 g/mol. The molecule has 1 fully saturated rings. The van der Waals surface area contributed by atoms with Gasteiger partial charge in [-0.3, -0.25) is 9.59 Å². The molecule has 10 heteroatoms. The number of aromatic nitrogens is 1. The van der Waals surface area contributed by atoms with Crippen LogP contribution in [0.15, 0.2) is 39.6 Å². The molecule has 7 nitrogen and oxygen atoms in total. The van der Waals surface area contributed by atoms with Crippen LogP contribution in [-0.2, 0) is 19.4 Å². The molecule has 2 N–H and O–H groups in total. The van der Waals surface area contributed by atoms with E-state index in [1.165, 1.54) is 42.2 Å². The van der Waals surface area contributed by atoms with Gasteiger partial charge in [0, 0.05) is 12.0 Å². The van der Waals surface area contributed by atoms with Crippen LogP contribution in [-0.4, -0.2) is 42.4 Å². The van der Waals surface area contributed by atoms with Crippen LogP contribution in [0.2, 0.25) is 0 Å². The number of hydrogen-bond acceptors (Lipinski definition) is 7. The molecule has 0 unspecified atom stereocenters. The van der Waals surface area contributed by atoms with Crippen LogP contribution in [0.3, 0.4) is 0 Å². The van der Waals surface area contributed by atoms with Crippen LogP contribution in [0.5, 0.6) is 0 Å². The second-order valence-electron chi connectivity index (χ2n) is 7.75. The molecule has 0 saturated heterocycles. The normalized spacial score (nSPS) is 15.6. The maximum Gasteiger partial charge on any atom is 0.304 e. The summed E-state index contributed by atoms with van der Waals surface area (Å²) in [6.45, 7) is 0. The number of amides is 1. The molecule has 1 heterocycles. The molecule has 0 aliphatic heterocycles. The molecule has 168 valence electrons. The fourth-order valence-corrected chi connectivity index (χ4v) is 6.25. The van der Waals surface area contributed by atoms with E-state index >= 15 is 0 Å². The van der Waals surface area contributed by atoms with E-state index in [9.17, 15) is 18.0 Å². The Morgan fingerprint density at radius 1 is 1.26 bits per heavy atom. The van der Waals surface area contributed by atoms with Crippen molar-refractivity contribution in [3.05, 3.63) is 36.0 Å². The lowest BCUT2D eigenvalue weighted by molar-refractivity contribution is -0.136. The van der Waals surface area contributed by atoms with Gasteiger partial charge in [0.1, 0.15) is 0 Å². The van der Waals surface area contributed by atoms with Gasteiger partial charge in [-0.25, -0.2) is 13.4 Å². The van der Waals surface area contributed by atoms with Gasteiger partial charge in [0.15, 0.2) is 15.0 Å². The SMILES string of the molecule is CS(=O)(=O)c1ccc([C@@H](CC2CCCC2)C(=O)Nc2ncc(SCCC(=O)O)s2)cc1. The first kappa shape index (κ1) is 23.7. The van der Waals surface area contributed by atoms with Gasteiger partial charge in [0.2, 0.25) is 5.91 Å². The van der Waals surface area contributed by atoms with E-state index in [1.54, 1.807) is 30.5 Å². The molecule has 31 heavy (non-hydrogen) atoms. The predicted octanol–water partition coefficient (Wildman–Crippen LogP) is 4.42. The predicted molar refractivity (Wildman–Crippen MR) is 123 cm³/mol. The van der Waals surface area contributed by atoms with Crippen LogP contribution < -0.4 is 5.32 Å². The third-order valence-electron chi connectivity index (χ3n) is 5.35. The Balaban J connectivity index is 1.72. The molecule has 0 spiro atoms. The molecule has 1 saturated carbocycles. The minimum atomic E-state index is -3.29. The summed E-state index contributed by atoms with van der Waals surface area (Å²) >= 11 is 2.72. The summed E-state index contributed by atoms with van der Waals surface area (Å²) in [5.74, 6) is -0.466. The number of sulfone groups is 1. The zero-order chi connectivity index (χ0) is 22.4. The van der Waals surface area contributed by atoms with Gasteiger partial charge in [0.05, 0.1) is 27.6 Å². The first-order valence-electron chi connectivity index (χ1n) is 10.1. The number of thiazole rings is 1. The van der Waals surface area contributed by atoms with Crippen molar-refractivity contribution in [3.63, 3.8) is 0 Å². The molecular weight excluding hydrogens is 456 g/mol. The molecule has 0 radical (unpaired) electrons. The number of carbonyl (C=O) groups excluding carboxylic acids is 1. The Labute approximate surface area is 190 Å². The number of nitrogens with one attached hydrogen (secondary N) is 1. The summed E-state index contributed by atoms with van der Waals surface area (Å²) in [5, 5.41) is 12.1. The smallest absolute Gasteiger partial charge is 0.304 e. The first-order valence-corrected chi connectivity index (χ1v) is 13.8. The quantitative estimate of drug-likeness (QED) is 0.482. The molecule has 1 aliphatic carbocycles. The number of carboxylic acid groups (broad SMARTS) is 1. The molecule has 1 aromatic carbocycles.